The predicted molar refractivity (Wildman–Crippen MR) is 94.3 cm³/mol. The van der Waals surface area contributed by atoms with E-state index in [1.54, 1.807) is 0 Å². The zero-order valence-corrected chi connectivity index (χ0v) is 12.9. The fraction of sp³-hybridized carbons (Fsp3) is 0.200. The molecule has 0 bridgehead atoms. The molecule has 1 N–H and O–H groups in total. The third kappa shape index (κ3) is 4.69. The lowest BCUT2D eigenvalue weighted by Gasteiger charge is -2.21. The van der Waals surface area contributed by atoms with E-state index in [4.69, 9.17) is 0 Å². The third-order valence-corrected chi connectivity index (χ3v) is 3.66. The minimum Gasteiger partial charge on any atom is -0.395 e. The molecule has 2 aromatic rings. The van der Waals surface area contributed by atoms with Gasteiger partial charge in [0.05, 0.1) is 6.61 Å². The summed E-state index contributed by atoms with van der Waals surface area (Å²) in [7, 11) is 0. The highest BCUT2D eigenvalue weighted by Crippen LogP contribution is 2.13. The van der Waals surface area contributed by atoms with Crippen LogP contribution in [0.2, 0.25) is 0 Å². The largest absolute Gasteiger partial charge is 0.395 e. The molecule has 2 rings (SSSR count). The molecule has 0 aliphatic carbocycles. The Morgan fingerprint density at radius 2 is 1.18 bits per heavy atom. The van der Waals surface area contributed by atoms with Crippen molar-refractivity contribution >= 4 is 12.2 Å². The van der Waals surface area contributed by atoms with Crippen LogP contribution >= 0.6 is 0 Å². The van der Waals surface area contributed by atoms with Crippen molar-refractivity contribution in [2.45, 2.75) is 13.1 Å². The van der Waals surface area contributed by atoms with Crippen LogP contribution in [0.1, 0.15) is 22.3 Å². The second-order valence-electron chi connectivity index (χ2n) is 5.33. The van der Waals surface area contributed by atoms with Crippen LogP contribution in [0.4, 0.5) is 0 Å². The monoisotopic (exact) mass is 293 g/mol. The van der Waals surface area contributed by atoms with Gasteiger partial charge in [0, 0.05) is 19.6 Å². The molecule has 114 valence electrons. The molecule has 0 aliphatic heterocycles. The van der Waals surface area contributed by atoms with Gasteiger partial charge < -0.3 is 5.11 Å². The summed E-state index contributed by atoms with van der Waals surface area (Å²) in [6.07, 6.45) is 3.69. The van der Waals surface area contributed by atoms with E-state index >= 15 is 0 Å². The van der Waals surface area contributed by atoms with Gasteiger partial charge in [-0.05, 0) is 22.3 Å². The van der Waals surface area contributed by atoms with Gasteiger partial charge in [-0.15, -0.1) is 0 Å². The smallest absolute Gasteiger partial charge is 0.0558 e. The Morgan fingerprint density at radius 1 is 0.773 bits per heavy atom. The van der Waals surface area contributed by atoms with Gasteiger partial charge >= 0.3 is 0 Å². The first-order chi connectivity index (χ1) is 10.7. The van der Waals surface area contributed by atoms with Crippen molar-refractivity contribution in [3.63, 3.8) is 0 Å². The van der Waals surface area contributed by atoms with Crippen molar-refractivity contribution < 1.29 is 5.11 Å². The Bertz CT molecular complexity index is 545. The van der Waals surface area contributed by atoms with Crippen LogP contribution in [0, 0.1) is 0 Å². The number of hydrogen-bond acceptors (Lipinski definition) is 2. The Kier molecular flexibility index (Phi) is 6.13. The molecule has 0 atom stereocenters. The lowest BCUT2D eigenvalue weighted by atomic mass is 10.1. The maximum Gasteiger partial charge on any atom is 0.0558 e. The molecule has 0 saturated carbocycles. The van der Waals surface area contributed by atoms with Gasteiger partial charge in [0.25, 0.3) is 0 Å². The van der Waals surface area contributed by atoms with Gasteiger partial charge in [0.2, 0.25) is 0 Å². The van der Waals surface area contributed by atoms with E-state index < -0.39 is 0 Å². The summed E-state index contributed by atoms with van der Waals surface area (Å²) in [5.74, 6) is 0. The Labute approximate surface area is 133 Å². The van der Waals surface area contributed by atoms with E-state index in [-0.39, 0.29) is 6.61 Å². The summed E-state index contributed by atoms with van der Waals surface area (Å²) in [6, 6.07) is 16.7. The summed E-state index contributed by atoms with van der Waals surface area (Å²) in [5, 5.41) is 9.29. The van der Waals surface area contributed by atoms with Crippen LogP contribution in [-0.2, 0) is 13.1 Å². The highest BCUT2D eigenvalue weighted by atomic mass is 16.3. The van der Waals surface area contributed by atoms with E-state index in [1.165, 1.54) is 11.1 Å². The topological polar surface area (TPSA) is 23.5 Å². The number of benzene rings is 2. The van der Waals surface area contributed by atoms with Crippen LogP contribution in [0.25, 0.3) is 12.2 Å². The molecule has 0 fully saturated rings. The van der Waals surface area contributed by atoms with Crippen molar-refractivity contribution in [1.82, 2.24) is 4.90 Å². The van der Waals surface area contributed by atoms with Gasteiger partial charge in [-0.3, -0.25) is 4.90 Å². The maximum atomic E-state index is 9.29. The molecule has 0 unspecified atom stereocenters. The molecule has 2 heteroatoms. The van der Waals surface area contributed by atoms with E-state index in [1.807, 2.05) is 12.2 Å². The molecule has 22 heavy (non-hydrogen) atoms. The average Bonchev–Trinajstić information content (AvgIpc) is 2.56. The summed E-state index contributed by atoms with van der Waals surface area (Å²) in [5.41, 5.74) is 4.72. The molecular weight excluding hydrogens is 270 g/mol. The van der Waals surface area contributed by atoms with Crippen LogP contribution in [0.15, 0.2) is 61.7 Å². The van der Waals surface area contributed by atoms with Gasteiger partial charge in [0.1, 0.15) is 0 Å². The van der Waals surface area contributed by atoms with Crippen molar-refractivity contribution in [2.24, 2.45) is 0 Å². The average molecular weight is 293 g/mol. The van der Waals surface area contributed by atoms with Gasteiger partial charge in [-0.25, -0.2) is 0 Å². The summed E-state index contributed by atoms with van der Waals surface area (Å²) in [6.45, 7) is 10.0. The van der Waals surface area contributed by atoms with Crippen molar-refractivity contribution in [2.75, 3.05) is 13.2 Å². The van der Waals surface area contributed by atoms with E-state index in [0.717, 1.165) is 24.2 Å². The first-order valence-electron chi connectivity index (χ1n) is 7.51. The molecule has 0 amide bonds. The molecule has 0 heterocycles. The second-order valence-corrected chi connectivity index (χ2v) is 5.33. The van der Waals surface area contributed by atoms with Crippen LogP contribution in [0.3, 0.4) is 0 Å². The van der Waals surface area contributed by atoms with Crippen molar-refractivity contribution in [3.05, 3.63) is 83.9 Å². The third-order valence-electron chi connectivity index (χ3n) is 3.66. The van der Waals surface area contributed by atoms with E-state index in [2.05, 4.69) is 66.6 Å². The highest BCUT2D eigenvalue weighted by Gasteiger charge is 2.07. The quantitative estimate of drug-likeness (QED) is 0.796. The molecule has 2 nitrogen and oxygen atoms in total. The standard InChI is InChI=1S/C20H23NO/c1-3-17-5-9-19(10-6-17)15-21(13-14-22)16-20-11-7-18(4-2)8-12-20/h3-12,22H,1-2,13-16H2. The first kappa shape index (κ1) is 16.2. The molecule has 0 radical (unpaired) electrons. The van der Waals surface area contributed by atoms with Crippen LogP contribution < -0.4 is 0 Å². The van der Waals surface area contributed by atoms with Crippen molar-refractivity contribution in [1.29, 1.82) is 0 Å². The van der Waals surface area contributed by atoms with Gasteiger partial charge in [-0.1, -0.05) is 73.8 Å². The van der Waals surface area contributed by atoms with E-state index in [0.29, 0.717) is 6.54 Å². The zero-order valence-electron chi connectivity index (χ0n) is 12.9. The fourth-order valence-corrected chi connectivity index (χ4v) is 2.39. The SMILES string of the molecule is C=Cc1ccc(CN(CCO)Cc2ccc(C=C)cc2)cc1. The Hall–Kier alpha value is -2.16. The first-order valence-corrected chi connectivity index (χ1v) is 7.51. The Morgan fingerprint density at radius 3 is 1.50 bits per heavy atom. The second kappa shape index (κ2) is 8.32. The Balaban J connectivity index is 2.04. The molecule has 0 spiro atoms. The zero-order chi connectivity index (χ0) is 15.8. The summed E-state index contributed by atoms with van der Waals surface area (Å²) < 4.78 is 0. The molecule has 0 aliphatic rings. The minimum absolute atomic E-state index is 0.162. The summed E-state index contributed by atoms with van der Waals surface area (Å²) >= 11 is 0. The molecular formula is C20H23NO. The predicted octanol–water partition coefficient (Wildman–Crippen LogP) is 3.97. The van der Waals surface area contributed by atoms with E-state index in [9.17, 15) is 5.11 Å². The number of nitrogens with zero attached hydrogens (tertiary/aromatic N) is 1. The fourth-order valence-electron chi connectivity index (χ4n) is 2.39. The number of aliphatic hydroxyl groups is 1. The van der Waals surface area contributed by atoms with Gasteiger partial charge in [-0.2, -0.15) is 0 Å². The summed E-state index contributed by atoms with van der Waals surface area (Å²) in [4.78, 5) is 2.24. The molecule has 2 aromatic carbocycles. The lowest BCUT2D eigenvalue weighted by molar-refractivity contribution is 0.184. The van der Waals surface area contributed by atoms with Crippen LogP contribution in [0.5, 0.6) is 0 Å². The minimum atomic E-state index is 0.162. The highest BCUT2D eigenvalue weighted by molar-refractivity contribution is 5.47. The number of aliphatic hydroxyl groups excluding tert-OH is 1. The molecule has 0 aromatic heterocycles. The van der Waals surface area contributed by atoms with Crippen molar-refractivity contribution in [3.8, 4) is 0 Å². The lowest BCUT2D eigenvalue weighted by Crippen LogP contribution is -2.26. The maximum absolute atomic E-state index is 9.29. The number of rotatable bonds is 8. The normalized spacial score (nSPS) is 10.6. The van der Waals surface area contributed by atoms with Gasteiger partial charge in [0.15, 0.2) is 0 Å². The van der Waals surface area contributed by atoms with Crippen LogP contribution in [-0.4, -0.2) is 23.2 Å². The number of hydrogen-bond donors (Lipinski definition) is 1. The molecule has 0 saturated heterocycles.